The van der Waals surface area contributed by atoms with Crippen molar-refractivity contribution in [2.24, 2.45) is 0 Å². The number of anilines is 3. The van der Waals surface area contributed by atoms with Crippen molar-refractivity contribution in [3.8, 4) is 5.75 Å². The van der Waals surface area contributed by atoms with Crippen LogP contribution in [-0.4, -0.2) is 34.4 Å². The van der Waals surface area contributed by atoms with Gasteiger partial charge in [-0.05, 0) is 55.5 Å². The predicted molar refractivity (Wildman–Crippen MR) is 128 cm³/mol. The van der Waals surface area contributed by atoms with E-state index in [0.29, 0.717) is 28.4 Å². The summed E-state index contributed by atoms with van der Waals surface area (Å²) in [6.45, 7) is 3.25. The van der Waals surface area contributed by atoms with Gasteiger partial charge in [-0.25, -0.2) is 8.42 Å². The van der Waals surface area contributed by atoms with Crippen molar-refractivity contribution >= 4 is 38.9 Å². The average molecular weight is 468 g/mol. The summed E-state index contributed by atoms with van der Waals surface area (Å²) in [6.07, 6.45) is 0. The van der Waals surface area contributed by atoms with E-state index in [1.54, 1.807) is 54.6 Å². The number of carbonyl (C=O) groups excluding carboxylic acids is 2. The molecule has 3 rings (SSSR count). The Kier molecular flexibility index (Phi) is 7.03. The largest absolute Gasteiger partial charge is 0.497 e. The summed E-state index contributed by atoms with van der Waals surface area (Å²) in [7, 11) is -0.779. The number of benzene rings is 3. The molecule has 0 aliphatic carbocycles. The molecule has 0 radical (unpaired) electrons. The normalized spacial score (nSPS) is 10.9. The second-order valence-corrected chi connectivity index (χ2v) is 9.35. The fourth-order valence-electron chi connectivity index (χ4n) is 3.08. The summed E-state index contributed by atoms with van der Waals surface area (Å²) in [4.78, 5) is 24.4. The number of hydrogen-bond donors (Lipinski definition) is 2. The standard InChI is InChI=1S/C24H25N3O5S/c1-16-5-12-21(13-6-16)33(30,31)27(3)19-9-7-18(8-10-19)24(29)26-23-15-20(32-4)11-14-22(23)25-17(2)28/h5-15H,1-4H3,(H,25,28)(H,26,29). The van der Waals surface area contributed by atoms with E-state index in [-0.39, 0.29) is 10.8 Å². The number of aryl methyl sites for hydroxylation is 1. The maximum absolute atomic E-state index is 12.9. The van der Waals surface area contributed by atoms with Crippen molar-refractivity contribution in [2.75, 3.05) is 29.1 Å². The first-order valence-corrected chi connectivity index (χ1v) is 11.5. The molecule has 0 unspecified atom stereocenters. The minimum Gasteiger partial charge on any atom is -0.497 e. The molecular formula is C24H25N3O5S. The molecule has 0 spiro atoms. The molecule has 0 heterocycles. The number of rotatable bonds is 7. The van der Waals surface area contributed by atoms with E-state index in [0.717, 1.165) is 9.87 Å². The molecule has 2 N–H and O–H groups in total. The Bertz CT molecular complexity index is 1270. The molecule has 3 aromatic carbocycles. The van der Waals surface area contributed by atoms with Gasteiger partial charge in [0.05, 0.1) is 29.1 Å². The molecule has 0 aliphatic rings. The summed E-state index contributed by atoms with van der Waals surface area (Å²) in [5.74, 6) is -0.194. The average Bonchev–Trinajstić information content (AvgIpc) is 2.79. The highest BCUT2D eigenvalue weighted by atomic mass is 32.2. The van der Waals surface area contributed by atoms with Gasteiger partial charge in [-0.1, -0.05) is 17.7 Å². The van der Waals surface area contributed by atoms with Crippen molar-refractivity contribution in [1.29, 1.82) is 0 Å². The molecule has 0 saturated carbocycles. The van der Waals surface area contributed by atoms with Gasteiger partial charge in [-0.15, -0.1) is 0 Å². The summed E-state index contributed by atoms with van der Waals surface area (Å²) >= 11 is 0. The topological polar surface area (TPSA) is 105 Å². The zero-order chi connectivity index (χ0) is 24.2. The Morgan fingerprint density at radius 2 is 1.52 bits per heavy atom. The highest BCUT2D eigenvalue weighted by Crippen LogP contribution is 2.28. The van der Waals surface area contributed by atoms with Crippen LogP contribution in [0, 0.1) is 6.92 Å². The number of sulfonamides is 1. The highest BCUT2D eigenvalue weighted by Gasteiger charge is 2.21. The number of amides is 2. The number of nitrogens with one attached hydrogen (secondary N) is 2. The lowest BCUT2D eigenvalue weighted by Gasteiger charge is -2.20. The maximum Gasteiger partial charge on any atom is 0.264 e. The van der Waals surface area contributed by atoms with Crippen molar-refractivity contribution in [3.05, 3.63) is 77.9 Å². The molecule has 0 aliphatic heterocycles. The zero-order valence-corrected chi connectivity index (χ0v) is 19.6. The third kappa shape index (κ3) is 5.50. The van der Waals surface area contributed by atoms with Crippen LogP contribution < -0.4 is 19.7 Å². The first kappa shape index (κ1) is 23.8. The van der Waals surface area contributed by atoms with Crippen molar-refractivity contribution < 1.29 is 22.7 Å². The third-order valence-corrected chi connectivity index (χ3v) is 6.76. The van der Waals surface area contributed by atoms with Crippen LogP contribution in [0.2, 0.25) is 0 Å². The smallest absolute Gasteiger partial charge is 0.264 e. The maximum atomic E-state index is 12.9. The van der Waals surface area contributed by atoms with Gasteiger partial charge in [0.25, 0.3) is 15.9 Å². The molecule has 172 valence electrons. The van der Waals surface area contributed by atoms with Gasteiger partial charge in [0.15, 0.2) is 0 Å². The molecular weight excluding hydrogens is 442 g/mol. The second kappa shape index (κ2) is 9.74. The number of methoxy groups -OCH3 is 1. The Labute approximate surface area is 193 Å². The lowest BCUT2D eigenvalue weighted by molar-refractivity contribution is -0.114. The Morgan fingerprint density at radius 3 is 2.09 bits per heavy atom. The summed E-state index contributed by atoms with van der Waals surface area (Å²) in [6, 6.07) is 17.7. The Morgan fingerprint density at radius 1 is 0.879 bits per heavy atom. The van der Waals surface area contributed by atoms with Crippen LogP contribution in [0.1, 0.15) is 22.8 Å². The quantitative estimate of drug-likeness (QED) is 0.546. The Hall–Kier alpha value is -3.85. The first-order chi connectivity index (χ1) is 15.6. The van der Waals surface area contributed by atoms with Crippen LogP contribution in [-0.2, 0) is 14.8 Å². The molecule has 2 amide bonds. The van der Waals surface area contributed by atoms with Crippen molar-refractivity contribution in [1.82, 2.24) is 0 Å². The van der Waals surface area contributed by atoms with Gasteiger partial charge in [-0.2, -0.15) is 0 Å². The van der Waals surface area contributed by atoms with Crippen LogP contribution >= 0.6 is 0 Å². The summed E-state index contributed by atoms with van der Waals surface area (Å²) < 4.78 is 32.1. The van der Waals surface area contributed by atoms with Crippen LogP contribution in [0.25, 0.3) is 0 Å². The van der Waals surface area contributed by atoms with Gasteiger partial charge < -0.3 is 15.4 Å². The monoisotopic (exact) mass is 467 g/mol. The third-order valence-electron chi connectivity index (χ3n) is 4.96. The number of ether oxygens (including phenoxy) is 1. The molecule has 0 bridgehead atoms. The zero-order valence-electron chi connectivity index (χ0n) is 18.7. The molecule has 33 heavy (non-hydrogen) atoms. The number of hydrogen-bond acceptors (Lipinski definition) is 5. The Balaban J connectivity index is 1.81. The van der Waals surface area contributed by atoms with Gasteiger partial charge in [0, 0.05) is 25.6 Å². The van der Waals surface area contributed by atoms with E-state index in [1.165, 1.54) is 33.2 Å². The van der Waals surface area contributed by atoms with E-state index < -0.39 is 15.9 Å². The van der Waals surface area contributed by atoms with Gasteiger partial charge >= 0.3 is 0 Å². The number of nitrogens with zero attached hydrogens (tertiary/aromatic N) is 1. The minimum absolute atomic E-state index is 0.181. The van der Waals surface area contributed by atoms with Crippen LogP contribution in [0.15, 0.2) is 71.6 Å². The molecule has 3 aromatic rings. The molecule has 0 fully saturated rings. The SMILES string of the molecule is COc1ccc(NC(C)=O)c(NC(=O)c2ccc(N(C)S(=O)(=O)c3ccc(C)cc3)cc2)c1. The van der Waals surface area contributed by atoms with Crippen molar-refractivity contribution in [2.45, 2.75) is 18.7 Å². The predicted octanol–water partition coefficient (Wildman–Crippen LogP) is 4.04. The lowest BCUT2D eigenvalue weighted by Crippen LogP contribution is -2.26. The molecule has 0 aromatic heterocycles. The molecule has 0 atom stereocenters. The molecule has 9 heteroatoms. The summed E-state index contributed by atoms with van der Waals surface area (Å²) in [5, 5.41) is 5.41. The van der Waals surface area contributed by atoms with Gasteiger partial charge in [0.2, 0.25) is 5.91 Å². The lowest BCUT2D eigenvalue weighted by atomic mass is 10.1. The fraction of sp³-hybridized carbons (Fsp3) is 0.167. The minimum atomic E-state index is -3.74. The van der Waals surface area contributed by atoms with Crippen LogP contribution in [0.3, 0.4) is 0 Å². The molecule has 0 saturated heterocycles. The van der Waals surface area contributed by atoms with Crippen LogP contribution in [0.4, 0.5) is 17.1 Å². The molecule has 8 nitrogen and oxygen atoms in total. The van der Waals surface area contributed by atoms with Crippen LogP contribution in [0.5, 0.6) is 5.75 Å². The van der Waals surface area contributed by atoms with Crippen molar-refractivity contribution in [3.63, 3.8) is 0 Å². The second-order valence-electron chi connectivity index (χ2n) is 7.38. The summed E-state index contributed by atoms with van der Waals surface area (Å²) in [5.41, 5.74) is 2.49. The highest BCUT2D eigenvalue weighted by molar-refractivity contribution is 7.92. The first-order valence-electron chi connectivity index (χ1n) is 10.0. The van der Waals surface area contributed by atoms with E-state index in [2.05, 4.69) is 10.6 Å². The van der Waals surface area contributed by atoms with E-state index in [9.17, 15) is 18.0 Å². The number of carbonyl (C=O) groups is 2. The van der Waals surface area contributed by atoms with E-state index in [4.69, 9.17) is 4.74 Å². The van der Waals surface area contributed by atoms with E-state index in [1.807, 2.05) is 6.92 Å². The van der Waals surface area contributed by atoms with E-state index >= 15 is 0 Å². The fourth-order valence-corrected chi connectivity index (χ4v) is 4.27. The van der Waals surface area contributed by atoms with Gasteiger partial charge in [0.1, 0.15) is 5.75 Å². The van der Waals surface area contributed by atoms with Gasteiger partial charge in [-0.3, -0.25) is 13.9 Å².